The number of H-pyrrole nitrogens is 1. The normalized spacial score (nSPS) is 15.2. The summed E-state index contributed by atoms with van der Waals surface area (Å²) in [5.74, 6) is 0.000748. The van der Waals surface area contributed by atoms with Crippen molar-refractivity contribution in [2.45, 2.75) is 26.2 Å². The number of amides is 1. The minimum Gasteiger partial charge on any atom is -0.351 e. The van der Waals surface area contributed by atoms with Crippen LogP contribution in [0.2, 0.25) is 0 Å². The molecule has 0 aliphatic carbocycles. The third kappa shape index (κ3) is 2.81. The number of hydrogen-bond acceptors (Lipinski definition) is 3. The third-order valence-electron chi connectivity index (χ3n) is 5.84. The van der Waals surface area contributed by atoms with Crippen LogP contribution in [0.4, 0.5) is 0 Å². The molecule has 0 radical (unpaired) electrons. The van der Waals surface area contributed by atoms with Gasteiger partial charge in [-0.2, -0.15) is 0 Å². The first kappa shape index (κ1) is 17.6. The highest BCUT2D eigenvalue weighted by Gasteiger charge is 2.31. The number of nitrogens with zero attached hydrogens (tertiary/aromatic N) is 2. The number of carbonyl (C=O) groups excluding carboxylic acids is 1. The minimum atomic E-state index is -0.110. The van der Waals surface area contributed by atoms with Crippen molar-refractivity contribution in [3.8, 4) is 22.3 Å². The van der Waals surface area contributed by atoms with Crippen LogP contribution >= 0.6 is 0 Å². The Balaban J connectivity index is 1.67. The molecule has 1 aromatic carbocycles. The lowest BCUT2D eigenvalue weighted by molar-refractivity contribution is 0.0930. The summed E-state index contributed by atoms with van der Waals surface area (Å²) < 4.78 is 0. The van der Waals surface area contributed by atoms with Crippen LogP contribution in [0.1, 0.15) is 35.5 Å². The maximum absolute atomic E-state index is 12.3. The molecule has 0 fully saturated rings. The number of benzene rings is 1. The molecule has 5 heteroatoms. The second-order valence-electron chi connectivity index (χ2n) is 8.29. The molecular weight excluding hydrogens is 360 g/mol. The Bertz CT molecular complexity index is 1270. The first-order chi connectivity index (χ1) is 13.9. The number of pyridine rings is 2. The van der Waals surface area contributed by atoms with Crippen LogP contribution < -0.4 is 5.32 Å². The fourth-order valence-corrected chi connectivity index (χ4v) is 4.14. The molecule has 4 heterocycles. The summed E-state index contributed by atoms with van der Waals surface area (Å²) in [6.07, 6.45) is 5.68. The van der Waals surface area contributed by atoms with Crippen LogP contribution in [-0.4, -0.2) is 27.4 Å². The van der Waals surface area contributed by atoms with E-state index in [2.05, 4.69) is 52.3 Å². The maximum atomic E-state index is 12.3. The van der Waals surface area contributed by atoms with Gasteiger partial charge in [-0.1, -0.05) is 26.0 Å². The van der Waals surface area contributed by atoms with E-state index in [0.29, 0.717) is 6.54 Å². The van der Waals surface area contributed by atoms with Crippen LogP contribution in [0.25, 0.3) is 33.3 Å². The Hall–Kier alpha value is -3.47. The number of nitrogens with one attached hydrogen (secondary N) is 2. The molecular formula is C24H22N4O. The lowest BCUT2D eigenvalue weighted by atomic mass is 9.78. The summed E-state index contributed by atoms with van der Waals surface area (Å²) >= 11 is 0. The van der Waals surface area contributed by atoms with E-state index in [1.807, 2.05) is 37.5 Å². The van der Waals surface area contributed by atoms with Crippen LogP contribution in [0.5, 0.6) is 0 Å². The molecule has 0 atom stereocenters. The summed E-state index contributed by atoms with van der Waals surface area (Å²) in [5.41, 5.74) is 7.85. The number of rotatable bonds is 2. The Labute approximate surface area is 169 Å². The summed E-state index contributed by atoms with van der Waals surface area (Å²) in [4.78, 5) is 24.6. The summed E-state index contributed by atoms with van der Waals surface area (Å²) in [7, 11) is 0. The van der Waals surface area contributed by atoms with Gasteiger partial charge in [0.15, 0.2) is 0 Å². The van der Waals surface area contributed by atoms with E-state index in [-0.39, 0.29) is 11.3 Å². The van der Waals surface area contributed by atoms with Crippen molar-refractivity contribution in [3.63, 3.8) is 0 Å². The number of fused-ring (bicyclic) bond motifs is 2. The van der Waals surface area contributed by atoms with Crippen LogP contribution in [0.15, 0.2) is 55.0 Å². The van der Waals surface area contributed by atoms with Gasteiger partial charge in [-0.3, -0.25) is 9.78 Å². The fraction of sp³-hybridized carbons (Fsp3) is 0.208. The molecule has 5 nitrogen and oxygen atoms in total. The van der Waals surface area contributed by atoms with Crippen molar-refractivity contribution in [2.75, 3.05) is 6.54 Å². The van der Waals surface area contributed by atoms with Gasteiger partial charge in [0, 0.05) is 63.9 Å². The quantitative estimate of drug-likeness (QED) is 0.531. The van der Waals surface area contributed by atoms with E-state index in [0.717, 1.165) is 50.1 Å². The molecule has 0 saturated carbocycles. The summed E-state index contributed by atoms with van der Waals surface area (Å²) in [6, 6.07) is 12.3. The van der Waals surface area contributed by atoms with E-state index < -0.39 is 0 Å². The molecule has 0 unspecified atom stereocenters. The highest BCUT2D eigenvalue weighted by Crippen LogP contribution is 2.36. The molecule has 4 aromatic rings. The van der Waals surface area contributed by atoms with E-state index in [9.17, 15) is 4.79 Å². The van der Waals surface area contributed by atoms with Gasteiger partial charge in [0.2, 0.25) is 0 Å². The Morgan fingerprint density at radius 1 is 1.00 bits per heavy atom. The summed E-state index contributed by atoms with van der Waals surface area (Å²) in [6.45, 7) is 6.97. The van der Waals surface area contributed by atoms with Gasteiger partial charge in [0.25, 0.3) is 5.91 Å². The molecule has 1 amide bonds. The molecule has 1 aliphatic heterocycles. The predicted octanol–water partition coefficient (Wildman–Crippen LogP) is 4.62. The molecule has 1 aliphatic rings. The molecule has 5 rings (SSSR count). The van der Waals surface area contributed by atoms with E-state index in [4.69, 9.17) is 0 Å². The molecule has 2 N–H and O–H groups in total. The molecule has 144 valence electrons. The average Bonchev–Trinajstić information content (AvgIpc) is 3.14. The van der Waals surface area contributed by atoms with Gasteiger partial charge in [-0.25, -0.2) is 4.98 Å². The molecule has 0 saturated heterocycles. The van der Waals surface area contributed by atoms with Crippen molar-refractivity contribution in [1.29, 1.82) is 0 Å². The zero-order chi connectivity index (χ0) is 20.2. The standard InChI is InChI=1S/C24H22N4O/c1-14-17(5-4-8-25-14)16-9-19-20(12-27-22(19)26-11-16)15-6-7-18-21(10-15)24(2,3)13-28-23(18)29/h4-12H,13H2,1-3H3,(H,26,27)(H,28,29). The first-order valence-electron chi connectivity index (χ1n) is 9.76. The van der Waals surface area contributed by atoms with E-state index >= 15 is 0 Å². The summed E-state index contributed by atoms with van der Waals surface area (Å²) in [5, 5.41) is 4.04. The van der Waals surface area contributed by atoms with E-state index in [1.165, 1.54) is 0 Å². The number of hydrogen-bond donors (Lipinski definition) is 2. The predicted molar refractivity (Wildman–Crippen MR) is 115 cm³/mol. The fourth-order valence-electron chi connectivity index (χ4n) is 4.14. The van der Waals surface area contributed by atoms with Gasteiger partial charge in [-0.15, -0.1) is 0 Å². The highest BCUT2D eigenvalue weighted by molar-refractivity contribution is 6.00. The lowest BCUT2D eigenvalue weighted by Gasteiger charge is -2.32. The van der Waals surface area contributed by atoms with Gasteiger partial charge in [0.05, 0.1) is 0 Å². The van der Waals surface area contributed by atoms with Crippen molar-refractivity contribution in [2.24, 2.45) is 0 Å². The van der Waals surface area contributed by atoms with Gasteiger partial charge >= 0.3 is 0 Å². The smallest absolute Gasteiger partial charge is 0.251 e. The minimum absolute atomic E-state index is 0.000748. The van der Waals surface area contributed by atoms with Crippen molar-refractivity contribution in [1.82, 2.24) is 20.3 Å². The van der Waals surface area contributed by atoms with Crippen molar-refractivity contribution in [3.05, 3.63) is 71.8 Å². The van der Waals surface area contributed by atoms with Crippen LogP contribution in [-0.2, 0) is 5.41 Å². The van der Waals surface area contributed by atoms with Crippen LogP contribution in [0, 0.1) is 6.92 Å². The Morgan fingerprint density at radius 3 is 2.69 bits per heavy atom. The zero-order valence-corrected chi connectivity index (χ0v) is 16.7. The zero-order valence-electron chi connectivity index (χ0n) is 16.7. The molecule has 29 heavy (non-hydrogen) atoms. The molecule has 0 spiro atoms. The number of aryl methyl sites for hydroxylation is 1. The molecule has 0 bridgehead atoms. The number of aromatic amines is 1. The number of aromatic nitrogens is 3. The average molecular weight is 382 g/mol. The first-order valence-corrected chi connectivity index (χ1v) is 9.76. The Morgan fingerprint density at radius 2 is 1.86 bits per heavy atom. The second kappa shape index (κ2) is 6.27. The molecule has 3 aromatic heterocycles. The van der Waals surface area contributed by atoms with Crippen molar-refractivity contribution >= 4 is 16.9 Å². The van der Waals surface area contributed by atoms with Gasteiger partial charge in [-0.05, 0) is 42.3 Å². The third-order valence-corrected chi connectivity index (χ3v) is 5.84. The largest absolute Gasteiger partial charge is 0.351 e. The second-order valence-corrected chi connectivity index (χ2v) is 8.29. The number of carbonyl (C=O) groups is 1. The van der Waals surface area contributed by atoms with Gasteiger partial charge in [0.1, 0.15) is 5.65 Å². The van der Waals surface area contributed by atoms with Crippen LogP contribution in [0.3, 0.4) is 0 Å². The lowest BCUT2D eigenvalue weighted by Crippen LogP contribution is -2.43. The topological polar surface area (TPSA) is 70.7 Å². The SMILES string of the molecule is Cc1ncccc1-c1cnc2[nH]cc(-c3ccc4c(c3)C(C)(C)CNC4=O)c2c1. The Kier molecular flexibility index (Phi) is 3.81. The van der Waals surface area contributed by atoms with Crippen molar-refractivity contribution < 1.29 is 4.79 Å². The van der Waals surface area contributed by atoms with E-state index in [1.54, 1.807) is 6.20 Å². The maximum Gasteiger partial charge on any atom is 0.251 e. The monoisotopic (exact) mass is 382 g/mol. The van der Waals surface area contributed by atoms with Gasteiger partial charge < -0.3 is 10.3 Å². The highest BCUT2D eigenvalue weighted by atomic mass is 16.1.